The summed E-state index contributed by atoms with van der Waals surface area (Å²) in [6.07, 6.45) is -1.97. The molecule has 0 amide bonds. The monoisotopic (exact) mass is 500 g/mol. The van der Waals surface area contributed by atoms with E-state index in [0.29, 0.717) is 16.9 Å². The van der Waals surface area contributed by atoms with Crippen LogP contribution in [0.1, 0.15) is 55.4 Å². The van der Waals surface area contributed by atoms with Gasteiger partial charge in [-0.25, -0.2) is 4.99 Å². The molecule has 0 aliphatic heterocycles. The molecule has 0 aliphatic carbocycles. The fourth-order valence-corrected chi connectivity index (χ4v) is 3.67. The van der Waals surface area contributed by atoms with Crippen molar-refractivity contribution in [2.75, 3.05) is 6.54 Å². The number of hydrogen-bond acceptors (Lipinski definition) is 2. The van der Waals surface area contributed by atoms with Crippen LogP contribution in [-0.2, 0) is 11.0 Å². The van der Waals surface area contributed by atoms with Gasteiger partial charge in [-0.05, 0) is 65.9 Å². The van der Waals surface area contributed by atoms with Crippen LogP contribution in [0, 0.1) is 0 Å². The summed E-state index contributed by atoms with van der Waals surface area (Å²) in [5, 5.41) is 18.9. The molecule has 0 fully saturated rings. The molecule has 0 saturated carbocycles. The molecule has 36 heavy (non-hydrogen) atoms. The van der Waals surface area contributed by atoms with E-state index >= 15 is 0 Å². The first kappa shape index (κ1) is 26.8. The number of benzene rings is 3. The molecule has 3 aromatic rings. The van der Waals surface area contributed by atoms with Crippen LogP contribution in [0.5, 0.6) is 5.75 Å². The minimum atomic E-state index is -4.37. The second-order valence-corrected chi connectivity index (χ2v) is 8.39. The van der Waals surface area contributed by atoms with Crippen LogP contribution < -0.4 is 9.73 Å². The smallest absolute Gasteiger partial charge is 0.416 e. The van der Waals surface area contributed by atoms with Crippen molar-refractivity contribution < 1.29 is 37.9 Å². The van der Waals surface area contributed by atoms with E-state index in [4.69, 9.17) is 9.84 Å². The highest BCUT2D eigenvalue weighted by Gasteiger charge is 2.30. The molecule has 0 saturated heterocycles. The maximum Gasteiger partial charge on any atom is 0.416 e. The molecule has 0 aromatic heterocycles. The number of aliphatic hydroxyl groups excluding tert-OH is 1. The van der Waals surface area contributed by atoms with Crippen LogP contribution in [0.3, 0.4) is 0 Å². The summed E-state index contributed by atoms with van der Waals surface area (Å²) >= 11 is 0. The number of rotatable bonds is 11. The summed E-state index contributed by atoms with van der Waals surface area (Å²) in [6, 6.07) is 19.5. The number of nitrogens with one attached hydrogen (secondary N) is 1. The number of aliphatic hydroxyl groups is 1. The Balaban J connectivity index is 1.71. The SMILES string of the molecule is CCCCC(Oc1ccc(-c2ccc(C(F)(F)F)cc2)cc1)c1ccc(C(O)=[NH+]CCC(=O)O)cc1. The Morgan fingerprint density at radius 1 is 0.917 bits per heavy atom. The predicted molar refractivity (Wildman–Crippen MR) is 131 cm³/mol. The first-order valence-electron chi connectivity index (χ1n) is 11.7. The molecular formula is C28H29F3NO4+. The van der Waals surface area contributed by atoms with E-state index in [0.717, 1.165) is 42.5 Å². The lowest BCUT2D eigenvalue weighted by Crippen LogP contribution is -2.73. The van der Waals surface area contributed by atoms with Gasteiger partial charge < -0.3 is 14.9 Å². The molecule has 0 spiro atoms. The topological polar surface area (TPSA) is 80.7 Å². The van der Waals surface area contributed by atoms with Crippen LogP contribution >= 0.6 is 0 Å². The summed E-state index contributed by atoms with van der Waals surface area (Å²) in [4.78, 5) is 13.3. The van der Waals surface area contributed by atoms with Gasteiger partial charge in [-0.2, -0.15) is 13.2 Å². The van der Waals surface area contributed by atoms with Crippen molar-refractivity contribution in [1.29, 1.82) is 0 Å². The fraction of sp³-hybridized carbons (Fsp3) is 0.286. The van der Waals surface area contributed by atoms with Crippen molar-refractivity contribution in [3.8, 4) is 16.9 Å². The number of aliphatic carboxylic acids is 1. The maximum absolute atomic E-state index is 12.8. The Morgan fingerprint density at radius 3 is 2.03 bits per heavy atom. The Kier molecular flexibility index (Phi) is 9.11. The average molecular weight is 501 g/mol. The van der Waals surface area contributed by atoms with Gasteiger partial charge in [0.25, 0.3) is 0 Å². The standard InChI is InChI=1S/C28H28F3NO4/c1-2-3-4-25(21-5-7-22(8-6-21)27(35)32-18-17-26(33)34)36-24-15-11-20(12-16-24)19-9-13-23(14-10-19)28(29,30)31/h5-16,25H,2-4,17-18H2,1H3,(H,32,35)(H,33,34)/p+1. The van der Waals surface area contributed by atoms with E-state index in [1.165, 1.54) is 12.1 Å². The minimum absolute atomic E-state index is 0.0901. The van der Waals surface area contributed by atoms with Crippen molar-refractivity contribution in [3.05, 3.63) is 89.5 Å². The van der Waals surface area contributed by atoms with Crippen molar-refractivity contribution in [1.82, 2.24) is 0 Å². The zero-order chi connectivity index (χ0) is 26.1. The lowest BCUT2D eigenvalue weighted by Gasteiger charge is -2.20. The number of unbranched alkanes of at least 4 members (excludes halogenated alkanes) is 1. The number of carbonyl (C=O) groups is 1. The van der Waals surface area contributed by atoms with Gasteiger partial charge in [0.1, 0.15) is 18.3 Å². The summed E-state index contributed by atoms with van der Waals surface area (Å²) in [7, 11) is 0. The van der Waals surface area contributed by atoms with Crippen LogP contribution in [0.25, 0.3) is 11.1 Å². The van der Waals surface area contributed by atoms with Gasteiger partial charge in [0.05, 0.1) is 11.1 Å². The predicted octanol–water partition coefficient (Wildman–Crippen LogP) is 5.54. The maximum atomic E-state index is 12.8. The molecule has 5 nitrogen and oxygen atoms in total. The zero-order valence-electron chi connectivity index (χ0n) is 19.9. The number of carboxylic acids is 1. The largest absolute Gasteiger partial charge is 0.486 e. The van der Waals surface area contributed by atoms with Gasteiger partial charge in [-0.1, -0.05) is 49.7 Å². The highest BCUT2D eigenvalue weighted by atomic mass is 19.4. The molecule has 1 atom stereocenters. The molecule has 0 radical (unpaired) electrons. The van der Waals surface area contributed by atoms with Crippen molar-refractivity contribution in [2.45, 2.75) is 44.9 Å². The second-order valence-electron chi connectivity index (χ2n) is 8.39. The Bertz CT molecular complexity index is 1160. The van der Waals surface area contributed by atoms with Crippen molar-refractivity contribution >= 4 is 11.9 Å². The normalized spacial score (nSPS) is 12.8. The highest BCUT2D eigenvalue weighted by molar-refractivity contribution is 5.87. The summed E-state index contributed by atoms with van der Waals surface area (Å²) in [6.45, 7) is 2.21. The highest BCUT2D eigenvalue weighted by Crippen LogP contribution is 2.32. The van der Waals surface area contributed by atoms with E-state index in [-0.39, 0.29) is 25.0 Å². The molecule has 190 valence electrons. The first-order valence-corrected chi connectivity index (χ1v) is 11.7. The molecule has 3 N–H and O–H groups in total. The van der Waals surface area contributed by atoms with Gasteiger partial charge in [-0.3, -0.25) is 4.79 Å². The van der Waals surface area contributed by atoms with E-state index in [9.17, 15) is 23.1 Å². The Labute approximate surface area is 207 Å². The van der Waals surface area contributed by atoms with Crippen LogP contribution in [0.15, 0.2) is 72.8 Å². The lowest BCUT2D eigenvalue weighted by atomic mass is 10.0. The molecule has 0 bridgehead atoms. The quantitative estimate of drug-likeness (QED) is 0.239. The lowest BCUT2D eigenvalue weighted by molar-refractivity contribution is -0.464. The first-order chi connectivity index (χ1) is 17.2. The third-order valence-corrected chi connectivity index (χ3v) is 5.69. The third kappa shape index (κ3) is 7.60. The summed E-state index contributed by atoms with van der Waals surface area (Å²) in [5.41, 5.74) is 2.25. The Morgan fingerprint density at radius 2 is 1.50 bits per heavy atom. The number of halogens is 3. The number of carboxylic acid groups (broad SMARTS) is 1. The Hall–Kier alpha value is -3.81. The van der Waals surface area contributed by atoms with Gasteiger partial charge in [-0.15, -0.1) is 0 Å². The van der Waals surface area contributed by atoms with Crippen LogP contribution in [-0.4, -0.2) is 28.6 Å². The van der Waals surface area contributed by atoms with E-state index in [1.807, 2.05) is 24.3 Å². The molecule has 1 unspecified atom stereocenters. The average Bonchev–Trinajstić information content (AvgIpc) is 2.86. The van der Waals surface area contributed by atoms with E-state index in [2.05, 4.69) is 11.9 Å². The van der Waals surface area contributed by atoms with Gasteiger partial charge in [0.15, 0.2) is 6.54 Å². The minimum Gasteiger partial charge on any atom is -0.486 e. The number of ether oxygens (including phenoxy) is 1. The molecule has 0 aliphatic rings. The van der Waals surface area contributed by atoms with Gasteiger partial charge in [0, 0.05) is 0 Å². The van der Waals surface area contributed by atoms with Crippen molar-refractivity contribution in [2.24, 2.45) is 0 Å². The fourth-order valence-electron chi connectivity index (χ4n) is 3.67. The second kappa shape index (κ2) is 12.2. The van der Waals surface area contributed by atoms with Gasteiger partial charge in [0.2, 0.25) is 0 Å². The summed E-state index contributed by atoms with van der Waals surface area (Å²) < 4.78 is 44.7. The van der Waals surface area contributed by atoms with E-state index < -0.39 is 17.7 Å². The van der Waals surface area contributed by atoms with Crippen LogP contribution in [0.2, 0.25) is 0 Å². The molecule has 0 heterocycles. The van der Waals surface area contributed by atoms with Crippen LogP contribution in [0.4, 0.5) is 13.2 Å². The molecular weight excluding hydrogens is 471 g/mol. The van der Waals surface area contributed by atoms with Gasteiger partial charge >= 0.3 is 18.0 Å². The zero-order valence-corrected chi connectivity index (χ0v) is 19.9. The van der Waals surface area contributed by atoms with E-state index in [1.54, 1.807) is 24.3 Å². The molecule has 3 aromatic carbocycles. The molecule has 3 rings (SSSR count). The van der Waals surface area contributed by atoms with Crippen molar-refractivity contribution in [3.63, 3.8) is 0 Å². The number of alkyl halides is 3. The summed E-state index contributed by atoms with van der Waals surface area (Å²) in [5.74, 6) is -0.401. The number of hydrogen-bond donors (Lipinski definition) is 3. The third-order valence-electron chi connectivity index (χ3n) is 5.69. The molecule has 8 heteroatoms.